The van der Waals surface area contributed by atoms with Crippen LogP contribution in [0.1, 0.15) is 27.7 Å². The van der Waals surface area contributed by atoms with Crippen molar-refractivity contribution in [1.82, 2.24) is 0 Å². The van der Waals surface area contributed by atoms with Crippen LogP contribution in [-0.2, 0) is 0 Å². The average Bonchev–Trinajstić information content (AvgIpc) is 2.37. The highest BCUT2D eigenvalue weighted by atomic mass is 35.5. The van der Waals surface area contributed by atoms with Crippen molar-refractivity contribution < 1.29 is 9.22 Å². The molecule has 2 nitrogen and oxygen atoms in total. The largest absolute Gasteiger partial charge is 0.443 e. The molecule has 18 heavy (non-hydrogen) atoms. The molecule has 4 heteroatoms. The fourth-order valence-corrected chi connectivity index (χ4v) is 2.59. The van der Waals surface area contributed by atoms with Gasteiger partial charge in [-0.2, -0.15) is 0 Å². The Hall–Kier alpha value is -0.440. The maximum Gasteiger partial charge on any atom is 0.230 e. The van der Waals surface area contributed by atoms with Crippen LogP contribution >= 0.6 is 23.2 Å². The van der Waals surface area contributed by atoms with Crippen molar-refractivity contribution >= 4 is 23.2 Å². The van der Waals surface area contributed by atoms with Gasteiger partial charge in [-0.25, -0.2) is 0 Å². The van der Waals surface area contributed by atoms with E-state index in [1.54, 1.807) is 12.1 Å². The molecule has 1 aromatic carbocycles. The summed E-state index contributed by atoms with van der Waals surface area (Å²) < 4.78 is 6.95. The van der Waals surface area contributed by atoms with Crippen LogP contribution in [0.3, 0.4) is 0 Å². The fraction of sp³-hybridized carbons (Fsp3) is 0.571. The highest BCUT2D eigenvalue weighted by Gasteiger charge is 2.30. The summed E-state index contributed by atoms with van der Waals surface area (Å²) >= 11 is 11.9. The monoisotopic (exact) mass is 290 g/mol. The highest BCUT2D eigenvalue weighted by Crippen LogP contribution is 2.28. The quantitative estimate of drug-likeness (QED) is 0.550. The van der Waals surface area contributed by atoms with Gasteiger partial charge in [0.05, 0.1) is 29.7 Å². The van der Waals surface area contributed by atoms with Crippen LogP contribution in [0.5, 0.6) is 5.75 Å². The Bertz CT molecular complexity index is 383. The third-order valence-electron chi connectivity index (χ3n) is 3.86. The maximum atomic E-state index is 6.02. The first-order valence-electron chi connectivity index (χ1n) is 6.46. The smallest absolute Gasteiger partial charge is 0.230 e. The number of quaternary nitrogens is 1. The van der Waals surface area contributed by atoms with E-state index >= 15 is 0 Å². The zero-order valence-electron chi connectivity index (χ0n) is 11.5. The Balaban J connectivity index is 2.85. The number of ether oxygens (including phenoxy) is 1. The molecule has 1 rings (SSSR count). The van der Waals surface area contributed by atoms with Gasteiger partial charge >= 0.3 is 0 Å². The second-order valence-electron chi connectivity index (χ2n) is 4.46. The number of benzene rings is 1. The minimum atomic E-state index is 0.0993. The van der Waals surface area contributed by atoms with E-state index in [1.165, 1.54) is 0 Å². The molecule has 1 aromatic rings. The van der Waals surface area contributed by atoms with Gasteiger partial charge in [-0.15, -0.1) is 0 Å². The van der Waals surface area contributed by atoms with Gasteiger partial charge in [0.15, 0.2) is 0 Å². The van der Waals surface area contributed by atoms with Gasteiger partial charge in [0, 0.05) is 13.0 Å². The van der Waals surface area contributed by atoms with Crippen LogP contribution in [0, 0.1) is 0 Å². The summed E-state index contributed by atoms with van der Waals surface area (Å²) in [4.78, 5) is 0. The van der Waals surface area contributed by atoms with Crippen LogP contribution < -0.4 is 4.74 Å². The topological polar surface area (TPSA) is 9.23 Å². The van der Waals surface area contributed by atoms with Crippen LogP contribution in [0.15, 0.2) is 18.2 Å². The first-order valence-corrected chi connectivity index (χ1v) is 7.22. The molecule has 0 spiro atoms. The first kappa shape index (κ1) is 15.6. The summed E-state index contributed by atoms with van der Waals surface area (Å²) in [6.07, 6.45) is 0.0993. The summed E-state index contributed by atoms with van der Waals surface area (Å²) in [5, 5.41) is 1.09. The van der Waals surface area contributed by atoms with Gasteiger partial charge in [-0.3, -0.25) is 4.48 Å². The number of nitrogens with zero attached hydrogens (tertiary/aromatic N) is 1. The van der Waals surface area contributed by atoms with E-state index in [4.69, 9.17) is 27.9 Å². The molecular weight excluding hydrogens is 269 g/mol. The van der Waals surface area contributed by atoms with E-state index in [2.05, 4.69) is 27.7 Å². The van der Waals surface area contributed by atoms with E-state index in [0.717, 1.165) is 29.9 Å². The van der Waals surface area contributed by atoms with E-state index in [9.17, 15) is 0 Å². The minimum Gasteiger partial charge on any atom is -0.443 e. The van der Waals surface area contributed by atoms with Crippen LogP contribution in [0.25, 0.3) is 0 Å². The van der Waals surface area contributed by atoms with Gasteiger partial charge in [-0.1, -0.05) is 23.2 Å². The maximum absolute atomic E-state index is 6.02. The summed E-state index contributed by atoms with van der Waals surface area (Å²) in [5.74, 6) is 0.773. The van der Waals surface area contributed by atoms with Crippen molar-refractivity contribution in [3.63, 3.8) is 0 Å². The van der Waals surface area contributed by atoms with E-state index in [1.807, 2.05) is 6.07 Å². The summed E-state index contributed by atoms with van der Waals surface area (Å²) in [6.45, 7) is 11.9. The number of rotatable bonds is 6. The van der Waals surface area contributed by atoms with Gasteiger partial charge in [0.25, 0.3) is 0 Å². The Labute approximate surface area is 120 Å². The zero-order chi connectivity index (χ0) is 13.8. The van der Waals surface area contributed by atoms with Gasteiger partial charge in [0.1, 0.15) is 5.75 Å². The number of hydrogen-bond donors (Lipinski definition) is 0. The Morgan fingerprint density at radius 1 is 1.06 bits per heavy atom. The normalized spacial score (nSPS) is 13.4. The van der Waals surface area contributed by atoms with Crippen LogP contribution in [0.4, 0.5) is 0 Å². The first-order chi connectivity index (χ1) is 8.49. The molecule has 0 heterocycles. The predicted molar refractivity (Wildman–Crippen MR) is 78.4 cm³/mol. The second-order valence-corrected chi connectivity index (χ2v) is 5.27. The van der Waals surface area contributed by atoms with Crippen molar-refractivity contribution in [2.24, 2.45) is 0 Å². The zero-order valence-corrected chi connectivity index (χ0v) is 13.1. The van der Waals surface area contributed by atoms with E-state index in [-0.39, 0.29) is 6.23 Å². The summed E-state index contributed by atoms with van der Waals surface area (Å²) in [5.41, 5.74) is 0. The van der Waals surface area contributed by atoms with Gasteiger partial charge in [-0.05, 0) is 32.9 Å². The lowest BCUT2D eigenvalue weighted by Gasteiger charge is -2.40. The summed E-state index contributed by atoms with van der Waals surface area (Å²) in [7, 11) is 0. The van der Waals surface area contributed by atoms with E-state index in [0.29, 0.717) is 10.0 Å². The van der Waals surface area contributed by atoms with Crippen molar-refractivity contribution in [2.75, 3.05) is 19.6 Å². The number of hydrogen-bond acceptors (Lipinski definition) is 1. The minimum absolute atomic E-state index is 0.0993. The second kappa shape index (κ2) is 6.65. The lowest BCUT2D eigenvalue weighted by atomic mass is 10.3. The average molecular weight is 291 g/mol. The molecule has 0 aliphatic heterocycles. The molecule has 0 radical (unpaired) electrons. The standard InChI is InChI=1S/C14H22Cl2NO/c1-5-17(6-2,7-3)11(4)18-12-8-9-13(15)14(16)10-12/h8-11H,5-7H2,1-4H3/q+1. The van der Waals surface area contributed by atoms with Crippen molar-refractivity contribution in [1.29, 1.82) is 0 Å². The van der Waals surface area contributed by atoms with Crippen molar-refractivity contribution in [3.8, 4) is 5.75 Å². The van der Waals surface area contributed by atoms with Gasteiger partial charge < -0.3 is 4.74 Å². The molecule has 102 valence electrons. The predicted octanol–water partition coefficient (Wildman–Crippen LogP) is 4.59. The molecular formula is C14H22Cl2NO+. The van der Waals surface area contributed by atoms with E-state index < -0.39 is 0 Å². The van der Waals surface area contributed by atoms with Crippen LogP contribution in [0.2, 0.25) is 10.0 Å². The Morgan fingerprint density at radius 3 is 2.06 bits per heavy atom. The molecule has 0 saturated carbocycles. The molecule has 0 amide bonds. The third-order valence-corrected chi connectivity index (χ3v) is 4.60. The summed E-state index contributed by atoms with van der Waals surface area (Å²) in [6, 6.07) is 5.40. The molecule has 0 saturated heterocycles. The molecule has 0 aliphatic rings. The highest BCUT2D eigenvalue weighted by molar-refractivity contribution is 6.42. The molecule has 1 atom stereocenters. The molecule has 0 bridgehead atoms. The molecule has 0 aromatic heterocycles. The fourth-order valence-electron chi connectivity index (χ4n) is 2.30. The Morgan fingerprint density at radius 2 is 1.61 bits per heavy atom. The van der Waals surface area contributed by atoms with Crippen molar-refractivity contribution in [3.05, 3.63) is 28.2 Å². The van der Waals surface area contributed by atoms with Crippen LogP contribution in [-0.4, -0.2) is 30.3 Å². The number of halogens is 2. The Kier molecular flexibility index (Phi) is 5.77. The SMILES string of the molecule is CC[N+](CC)(CC)C(C)Oc1ccc(Cl)c(Cl)c1. The van der Waals surface area contributed by atoms with Crippen molar-refractivity contribution in [2.45, 2.75) is 33.9 Å². The molecule has 1 unspecified atom stereocenters. The lowest BCUT2D eigenvalue weighted by Crippen LogP contribution is -2.56. The lowest BCUT2D eigenvalue weighted by molar-refractivity contribution is -0.961. The molecule has 0 fully saturated rings. The molecule has 0 aliphatic carbocycles. The third kappa shape index (κ3) is 3.31. The molecule has 0 N–H and O–H groups in total. The van der Waals surface area contributed by atoms with Gasteiger partial charge in [0.2, 0.25) is 6.23 Å².